The highest BCUT2D eigenvalue weighted by molar-refractivity contribution is 5.85. The third-order valence-corrected chi connectivity index (χ3v) is 4.97. The van der Waals surface area contributed by atoms with E-state index in [1.54, 1.807) is 12.1 Å². The summed E-state index contributed by atoms with van der Waals surface area (Å²) < 4.78 is 13.2. The molecule has 0 saturated heterocycles. The topological polar surface area (TPSA) is 55.1 Å². The molecule has 2 aliphatic carbocycles. The van der Waals surface area contributed by atoms with Crippen molar-refractivity contribution < 1.29 is 9.18 Å². The number of benzene rings is 1. The quantitative estimate of drug-likeness (QED) is 0.896. The molecule has 2 aliphatic rings. The Morgan fingerprint density at radius 3 is 2.86 bits per heavy atom. The molecule has 0 heterocycles. The van der Waals surface area contributed by atoms with Crippen LogP contribution in [0.15, 0.2) is 24.3 Å². The van der Waals surface area contributed by atoms with Crippen molar-refractivity contribution >= 4 is 18.3 Å². The van der Waals surface area contributed by atoms with E-state index in [4.69, 9.17) is 5.73 Å². The number of hydrogen-bond acceptors (Lipinski definition) is 2. The molecule has 1 aromatic carbocycles. The fourth-order valence-corrected chi connectivity index (χ4v) is 3.53. The highest BCUT2D eigenvalue weighted by Crippen LogP contribution is 2.41. The van der Waals surface area contributed by atoms with Crippen LogP contribution in [0.5, 0.6) is 0 Å². The highest BCUT2D eigenvalue weighted by Gasteiger charge is 2.43. The van der Waals surface area contributed by atoms with Gasteiger partial charge in [0.2, 0.25) is 5.91 Å². The van der Waals surface area contributed by atoms with Crippen molar-refractivity contribution in [2.75, 3.05) is 0 Å². The molecule has 122 valence electrons. The van der Waals surface area contributed by atoms with Crippen molar-refractivity contribution in [2.45, 2.75) is 56.5 Å². The maximum atomic E-state index is 13.2. The van der Waals surface area contributed by atoms with Gasteiger partial charge in [0.05, 0.1) is 5.92 Å². The molecular weight excluding hydrogens is 303 g/mol. The van der Waals surface area contributed by atoms with Gasteiger partial charge in [-0.2, -0.15) is 0 Å². The molecule has 0 bridgehead atoms. The number of carbonyl (C=O) groups excluding carboxylic acids is 1. The van der Waals surface area contributed by atoms with E-state index in [1.165, 1.54) is 6.07 Å². The van der Waals surface area contributed by atoms with Crippen LogP contribution in [0.4, 0.5) is 4.39 Å². The van der Waals surface area contributed by atoms with Crippen LogP contribution in [0, 0.1) is 11.7 Å². The molecule has 1 amide bonds. The molecule has 2 saturated carbocycles. The first-order chi connectivity index (χ1) is 9.97. The second-order valence-corrected chi connectivity index (χ2v) is 6.82. The molecule has 4 unspecified atom stereocenters. The lowest BCUT2D eigenvalue weighted by atomic mass is 9.74. The zero-order valence-electron chi connectivity index (χ0n) is 12.8. The summed E-state index contributed by atoms with van der Waals surface area (Å²) in [7, 11) is 0. The smallest absolute Gasteiger partial charge is 0.225 e. The van der Waals surface area contributed by atoms with Gasteiger partial charge in [0, 0.05) is 17.5 Å². The minimum Gasteiger partial charge on any atom is -0.352 e. The summed E-state index contributed by atoms with van der Waals surface area (Å²) in [6.45, 7) is 1.98. The maximum absolute atomic E-state index is 13.2. The molecule has 0 radical (unpaired) electrons. The van der Waals surface area contributed by atoms with Gasteiger partial charge in [0.15, 0.2) is 0 Å². The van der Waals surface area contributed by atoms with Crippen LogP contribution >= 0.6 is 12.4 Å². The zero-order chi connectivity index (χ0) is 15.0. The van der Waals surface area contributed by atoms with Crippen molar-refractivity contribution in [2.24, 2.45) is 11.7 Å². The minimum atomic E-state index is -0.397. The monoisotopic (exact) mass is 326 g/mol. The van der Waals surface area contributed by atoms with Gasteiger partial charge >= 0.3 is 0 Å². The summed E-state index contributed by atoms with van der Waals surface area (Å²) in [6.07, 6.45) is 4.84. The molecular formula is C17H24ClFN2O. The predicted molar refractivity (Wildman–Crippen MR) is 87.5 cm³/mol. The van der Waals surface area contributed by atoms with Crippen LogP contribution in [-0.2, 0) is 4.79 Å². The SMILES string of the molecule is CC1(N)CCCCC1C(=O)NC1CC1c1cccc(F)c1.Cl. The first-order valence-corrected chi connectivity index (χ1v) is 7.82. The Hall–Kier alpha value is -1.13. The summed E-state index contributed by atoms with van der Waals surface area (Å²) in [5.74, 6) is 0.00664. The van der Waals surface area contributed by atoms with Gasteiger partial charge in [-0.25, -0.2) is 4.39 Å². The average molecular weight is 327 g/mol. The Bertz CT molecular complexity index is 549. The number of carbonyl (C=O) groups is 1. The van der Waals surface area contributed by atoms with E-state index in [0.29, 0.717) is 0 Å². The van der Waals surface area contributed by atoms with E-state index in [0.717, 1.165) is 37.7 Å². The highest BCUT2D eigenvalue weighted by atomic mass is 35.5. The Labute approximate surface area is 137 Å². The molecule has 2 fully saturated rings. The Morgan fingerprint density at radius 2 is 2.18 bits per heavy atom. The number of nitrogens with two attached hydrogens (primary N) is 1. The number of rotatable bonds is 3. The van der Waals surface area contributed by atoms with Gasteiger partial charge in [0.1, 0.15) is 5.82 Å². The van der Waals surface area contributed by atoms with Crippen LogP contribution in [0.3, 0.4) is 0 Å². The second-order valence-electron chi connectivity index (χ2n) is 6.82. The molecule has 0 spiro atoms. The number of amides is 1. The van der Waals surface area contributed by atoms with Crippen LogP contribution in [0.25, 0.3) is 0 Å². The fourth-order valence-electron chi connectivity index (χ4n) is 3.53. The van der Waals surface area contributed by atoms with Gasteiger partial charge in [-0.15, -0.1) is 12.4 Å². The third-order valence-electron chi connectivity index (χ3n) is 4.97. The van der Waals surface area contributed by atoms with E-state index in [1.807, 2.05) is 13.0 Å². The van der Waals surface area contributed by atoms with Gasteiger partial charge in [0.25, 0.3) is 0 Å². The third kappa shape index (κ3) is 3.61. The number of hydrogen-bond donors (Lipinski definition) is 2. The molecule has 5 heteroatoms. The first kappa shape index (κ1) is 17.2. The van der Waals surface area contributed by atoms with Crippen molar-refractivity contribution in [3.63, 3.8) is 0 Å². The lowest BCUT2D eigenvalue weighted by Crippen LogP contribution is -2.53. The van der Waals surface area contributed by atoms with E-state index in [2.05, 4.69) is 5.32 Å². The Morgan fingerprint density at radius 1 is 1.41 bits per heavy atom. The van der Waals surface area contributed by atoms with Crippen LogP contribution < -0.4 is 11.1 Å². The molecule has 0 aromatic heterocycles. The van der Waals surface area contributed by atoms with Crippen molar-refractivity contribution in [3.8, 4) is 0 Å². The lowest BCUT2D eigenvalue weighted by Gasteiger charge is -2.37. The van der Waals surface area contributed by atoms with E-state index < -0.39 is 5.54 Å². The molecule has 4 atom stereocenters. The molecule has 0 aliphatic heterocycles. The molecule has 3 nitrogen and oxygen atoms in total. The summed E-state index contributed by atoms with van der Waals surface area (Å²) >= 11 is 0. The average Bonchev–Trinajstić information content (AvgIpc) is 3.17. The fraction of sp³-hybridized carbons (Fsp3) is 0.588. The van der Waals surface area contributed by atoms with Crippen LogP contribution in [-0.4, -0.2) is 17.5 Å². The zero-order valence-corrected chi connectivity index (χ0v) is 13.7. The summed E-state index contributed by atoms with van der Waals surface area (Å²) in [5.41, 5.74) is 6.85. The van der Waals surface area contributed by atoms with Gasteiger partial charge in [-0.05, 0) is 43.9 Å². The normalized spacial score (nSPS) is 33.7. The molecule has 1 aromatic rings. The summed E-state index contributed by atoms with van der Waals surface area (Å²) in [6, 6.07) is 6.79. The van der Waals surface area contributed by atoms with Crippen molar-refractivity contribution in [1.29, 1.82) is 0 Å². The predicted octanol–water partition coefficient (Wildman–Crippen LogP) is 3.13. The first-order valence-electron chi connectivity index (χ1n) is 7.82. The largest absolute Gasteiger partial charge is 0.352 e. The van der Waals surface area contributed by atoms with E-state index in [9.17, 15) is 9.18 Å². The lowest BCUT2D eigenvalue weighted by molar-refractivity contribution is -0.128. The Balaban J connectivity index is 0.00000176. The standard InChI is InChI=1S/C17H23FN2O.ClH/c1-17(19)8-3-2-7-14(17)16(21)20-15-10-13(15)11-5-4-6-12(18)9-11;/h4-6,9,13-15H,2-3,7-8,10,19H2,1H3,(H,20,21);1H. The molecule has 3 N–H and O–H groups in total. The second kappa shape index (κ2) is 6.55. The number of halogens is 2. The summed E-state index contributed by atoms with van der Waals surface area (Å²) in [4.78, 5) is 12.4. The van der Waals surface area contributed by atoms with Crippen molar-refractivity contribution in [1.82, 2.24) is 5.32 Å². The Kier molecular flexibility index (Phi) is 5.13. The van der Waals surface area contributed by atoms with Crippen LogP contribution in [0.1, 0.15) is 50.5 Å². The van der Waals surface area contributed by atoms with E-state index >= 15 is 0 Å². The molecule has 22 heavy (non-hydrogen) atoms. The maximum Gasteiger partial charge on any atom is 0.225 e. The number of nitrogens with one attached hydrogen (secondary N) is 1. The minimum absolute atomic E-state index is 0. The molecule has 3 rings (SSSR count). The van der Waals surface area contributed by atoms with Crippen molar-refractivity contribution in [3.05, 3.63) is 35.6 Å². The summed E-state index contributed by atoms with van der Waals surface area (Å²) in [5, 5.41) is 3.11. The van der Waals surface area contributed by atoms with Gasteiger partial charge < -0.3 is 11.1 Å². The van der Waals surface area contributed by atoms with E-state index in [-0.39, 0.29) is 42.0 Å². The van der Waals surface area contributed by atoms with Gasteiger partial charge in [-0.1, -0.05) is 25.0 Å². The van der Waals surface area contributed by atoms with Crippen LogP contribution in [0.2, 0.25) is 0 Å². The van der Waals surface area contributed by atoms with Gasteiger partial charge in [-0.3, -0.25) is 4.79 Å².